The van der Waals surface area contributed by atoms with Crippen molar-refractivity contribution in [3.63, 3.8) is 0 Å². The van der Waals surface area contributed by atoms with Crippen LogP contribution < -0.4 is 5.32 Å². The lowest BCUT2D eigenvalue weighted by Gasteiger charge is -2.19. The number of thiazole rings is 1. The van der Waals surface area contributed by atoms with Crippen molar-refractivity contribution in [2.75, 3.05) is 6.54 Å². The highest BCUT2D eigenvalue weighted by molar-refractivity contribution is 7.13. The first-order valence-corrected chi connectivity index (χ1v) is 8.73. The highest BCUT2D eigenvalue weighted by atomic mass is 32.1. The molecule has 2 aromatic rings. The molecule has 0 bridgehead atoms. The van der Waals surface area contributed by atoms with E-state index in [1.807, 2.05) is 17.5 Å². The third-order valence-electron chi connectivity index (χ3n) is 3.81. The maximum absolute atomic E-state index is 12.0. The van der Waals surface area contributed by atoms with Crippen molar-refractivity contribution in [1.82, 2.24) is 10.3 Å². The summed E-state index contributed by atoms with van der Waals surface area (Å²) in [4.78, 5) is 27.5. The van der Waals surface area contributed by atoms with E-state index in [9.17, 15) is 9.59 Å². The maximum Gasteiger partial charge on any atom is 0.310 e. The highest BCUT2D eigenvalue weighted by Crippen LogP contribution is 2.24. The molecule has 0 saturated carbocycles. The summed E-state index contributed by atoms with van der Waals surface area (Å²) in [7, 11) is 0. The van der Waals surface area contributed by atoms with Gasteiger partial charge in [0.05, 0.1) is 17.5 Å². The number of aromatic nitrogens is 1. The van der Waals surface area contributed by atoms with E-state index in [0.717, 1.165) is 17.0 Å². The summed E-state index contributed by atoms with van der Waals surface area (Å²) in [6.07, 6.45) is 1.15. The Bertz CT molecular complexity index is 720. The quantitative estimate of drug-likeness (QED) is 0.807. The van der Waals surface area contributed by atoms with Crippen molar-refractivity contribution in [2.24, 2.45) is 5.41 Å². The number of carboxylic acids is 1. The molecule has 0 aliphatic carbocycles. The lowest BCUT2D eigenvalue weighted by molar-refractivity contribution is -0.146. The van der Waals surface area contributed by atoms with Crippen molar-refractivity contribution >= 4 is 23.2 Å². The first-order valence-electron chi connectivity index (χ1n) is 7.85. The van der Waals surface area contributed by atoms with E-state index < -0.39 is 11.4 Å². The molecule has 0 aliphatic rings. The standard InChI is InChI=1S/C18H22N2O3S/c1-4-12-5-7-13(8-6-12)16-20-14(10-24-16)9-15(21)19-11-18(2,3)17(22)23/h5-8,10H,4,9,11H2,1-3H3,(H,19,21)(H,22,23). The van der Waals surface area contributed by atoms with Crippen LogP contribution in [0.2, 0.25) is 0 Å². The number of amides is 1. The van der Waals surface area contributed by atoms with Crippen LogP contribution >= 0.6 is 11.3 Å². The molecule has 5 nitrogen and oxygen atoms in total. The van der Waals surface area contributed by atoms with Crippen LogP contribution in [0, 0.1) is 5.41 Å². The average molecular weight is 346 g/mol. The Hall–Kier alpha value is -2.21. The number of nitrogens with zero attached hydrogens (tertiary/aromatic N) is 1. The number of hydrogen-bond donors (Lipinski definition) is 2. The number of aryl methyl sites for hydroxylation is 1. The predicted molar refractivity (Wildman–Crippen MR) is 95.1 cm³/mol. The van der Waals surface area contributed by atoms with Gasteiger partial charge in [-0.15, -0.1) is 11.3 Å². The molecule has 1 aromatic heterocycles. The Morgan fingerprint density at radius 2 is 1.92 bits per heavy atom. The zero-order valence-electron chi connectivity index (χ0n) is 14.1. The van der Waals surface area contributed by atoms with Gasteiger partial charge in [-0.2, -0.15) is 0 Å². The fourth-order valence-corrected chi connectivity index (χ4v) is 2.85. The third-order valence-corrected chi connectivity index (χ3v) is 4.75. The second kappa shape index (κ2) is 7.57. The molecule has 6 heteroatoms. The molecule has 1 heterocycles. The van der Waals surface area contributed by atoms with Gasteiger partial charge in [0.15, 0.2) is 0 Å². The number of rotatable bonds is 7. The SMILES string of the molecule is CCc1ccc(-c2nc(CC(=O)NCC(C)(C)C(=O)O)cs2)cc1. The molecule has 0 unspecified atom stereocenters. The first kappa shape index (κ1) is 18.1. The van der Waals surface area contributed by atoms with E-state index in [0.29, 0.717) is 5.69 Å². The number of carboxylic acid groups (broad SMARTS) is 1. The molecular formula is C18H22N2O3S. The van der Waals surface area contributed by atoms with E-state index in [1.54, 1.807) is 13.8 Å². The van der Waals surface area contributed by atoms with Crippen LogP contribution in [0.25, 0.3) is 10.6 Å². The molecule has 2 rings (SSSR count). The van der Waals surface area contributed by atoms with Gasteiger partial charge in [-0.25, -0.2) is 4.98 Å². The van der Waals surface area contributed by atoms with Gasteiger partial charge >= 0.3 is 5.97 Å². The summed E-state index contributed by atoms with van der Waals surface area (Å²) in [6.45, 7) is 5.37. The number of nitrogens with one attached hydrogen (secondary N) is 1. The van der Waals surface area contributed by atoms with Crippen LogP contribution in [0.1, 0.15) is 32.0 Å². The number of hydrogen-bond acceptors (Lipinski definition) is 4. The Labute approximate surface area is 145 Å². The van der Waals surface area contributed by atoms with Gasteiger partial charge in [0, 0.05) is 17.5 Å². The summed E-state index contributed by atoms with van der Waals surface area (Å²) in [5.41, 5.74) is 2.02. The van der Waals surface area contributed by atoms with Crippen molar-refractivity contribution < 1.29 is 14.7 Å². The molecule has 1 amide bonds. The number of carbonyl (C=O) groups excluding carboxylic acids is 1. The van der Waals surface area contributed by atoms with Crippen molar-refractivity contribution in [2.45, 2.75) is 33.6 Å². The van der Waals surface area contributed by atoms with Gasteiger partial charge in [0.2, 0.25) is 5.91 Å². The maximum atomic E-state index is 12.0. The minimum atomic E-state index is -0.982. The Balaban J connectivity index is 1.95. The van der Waals surface area contributed by atoms with E-state index in [4.69, 9.17) is 5.11 Å². The lowest BCUT2D eigenvalue weighted by Crippen LogP contribution is -2.39. The van der Waals surface area contributed by atoms with Crippen LogP contribution in [-0.4, -0.2) is 28.5 Å². The van der Waals surface area contributed by atoms with Gasteiger partial charge in [-0.3, -0.25) is 9.59 Å². The summed E-state index contributed by atoms with van der Waals surface area (Å²) >= 11 is 1.50. The fraction of sp³-hybridized carbons (Fsp3) is 0.389. The van der Waals surface area contributed by atoms with Crippen molar-refractivity contribution in [3.8, 4) is 10.6 Å². The summed E-state index contributed by atoms with van der Waals surface area (Å²) < 4.78 is 0. The van der Waals surface area contributed by atoms with Gasteiger partial charge in [0.1, 0.15) is 5.01 Å². The van der Waals surface area contributed by atoms with Crippen LogP contribution in [0.5, 0.6) is 0 Å². The summed E-state index contributed by atoms with van der Waals surface area (Å²) in [5.74, 6) is -1.16. The molecule has 0 spiro atoms. The van der Waals surface area contributed by atoms with Crippen molar-refractivity contribution in [1.29, 1.82) is 0 Å². The van der Waals surface area contributed by atoms with E-state index >= 15 is 0 Å². The second-order valence-corrected chi connectivity index (χ2v) is 7.20. The van der Waals surface area contributed by atoms with Gasteiger partial charge in [0.25, 0.3) is 0 Å². The van der Waals surface area contributed by atoms with Crippen LogP contribution in [-0.2, 0) is 22.4 Å². The van der Waals surface area contributed by atoms with Crippen molar-refractivity contribution in [3.05, 3.63) is 40.9 Å². The summed E-state index contributed by atoms with van der Waals surface area (Å²) in [5, 5.41) is 14.5. The van der Waals surface area contributed by atoms with Gasteiger partial charge in [-0.1, -0.05) is 31.2 Å². The fourth-order valence-electron chi connectivity index (χ4n) is 2.03. The molecule has 0 saturated heterocycles. The Kier molecular flexibility index (Phi) is 5.72. The average Bonchev–Trinajstić information content (AvgIpc) is 3.01. The molecule has 0 radical (unpaired) electrons. The molecule has 2 N–H and O–H groups in total. The molecule has 0 aliphatic heterocycles. The van der Waals surface area contributed by atoms with Crippen LogP contribution in [0.3, 0.4) is 0 Å². The van der Waals surface area contributed by atoms with E-state index in [1.165, 1.54) is 16.9 Å². The smallest absolute Gasteiger partial charge is 0.310 e. The molecular weight excluding hydrogens is 324 g/mol. The first-order chi connectivity index (χ1) is 11.3. The molecule has 128 valence electrons. The third kappa shape index (κ3) is 4.64. The number of benzene rings is 1. The van der Waals surface area contributed by atoms with Crippen LogP contribution in [0.15, 0.2) is 29.6 Å². The molecule has 0 atom stereocenters. The number of carbonyl (C=O) groups is 2. The number of aliphatic carboxylic acids is 1. The van der Waals surface area contributed by atoms with E-state index in [2.05, 4.69) is 29.4 Å². The van der Waals surface area contributed by atoms with Gasteiger partial charge in [-0.05, 0) is 25.8 Å². The minimum absolute atomic E-state index is 0.0939. The Morgan fingerprint density at radius 3 is 2.50 bits per heavy atom. The highest BCUT2D eigenvalue weighted by Gasteiger charge is 2.27. The topological polar surface area (TPSA) is 79.3 Å². The predicted octanol–water partition coefficient (Wildman–Crippen LogP) is 3.14. The summed E-state index contributed by atoms with van der Waals surface area (Å²) in [6, 6.07) is 8.24. The minimum Gasteiger partial charge on any atom is -0.481 e. The largest absolute Gasteiger partial charge is 0.481 e. The van der Waals surface area contributed by atoms with Gasteiger partial charge < -0.3 is 10.4 Å². The Morgan fingerprint density at radius 1 is 1.25 bits per heavy atom. The lowest BCUT2D eigenvalue weighted by atomic mass is 9.94. The zero-order chi connectivity index (χ0) is 17.7. The zero-order valence-corrected chi connectivity index (χ0v) is 14.9. The second-order valence-electron chi connectivity index (χ2n) is 6.34. The molecule has 0 fully saturated rings. The van der Waals surface area contributed by atoms with E-state index in [-0.39, 0.29) is 18.9 Å². The normalized spacial score (nSPS) is 11.3. The molecule has 1 aromatic carbocycles. The monoisotopic (exact) mass is 346 g/mol. The molecule has 24 heavy (non-hydrogen) atoms. The van der Waals surface area contributed by atoms with Crippen LogP contribution in [0.4, 0.5) is 0 Å².